The van der Waals surface area contributed by atoms with Crippen molar-refractivity contribution in [3.63, 3.8) is 0 Å². The molecule has 1 aromatic carbocycles. The average molecular weight is 570 g/mol. The molecule has 9 nitrogen and oxygen atoms in total. The highest BCUT2D eigenvalue weighted by atomic mass is 32.2. The van der Waals surface area contributed by atoms with Crippen LogP contribution in [0.15, 0.2) is 30.3 Å². The van der Waals surface area contributed by atoms with Crippen LogP contribution in [0.25, 0.3) is 16.7 Å². The van der Waals surface area contributed by atoms with Gasteiger partial charge in [0.05, 0.1) is 17.6 Å². The molecule has 0 spiro atoms. The van der Waals surface area contributed by atoms with E-state index in [1.807, 2.05) is 0 Å². The standard InChI is InChI=1S/C29H36FN5O4S/c1-40(37,38)33-29(36)25-17-24(20-9-13-34(14-10-20)18-19-11-15-39-16-12-19)26-27(21-3-2-4-21)32-35(28(26)31-25)23-7-5-22(30)6-8-23/h5-8,17,19-21H,2-4,9-16,18H2,1H3,(H,33,36). The number of likely N-dealkylation sites (tertiary alicyclic amines) is 1. The van der Waals surface area contributed by atoms with Gasteiger partial charge in [0.2, 0.25) is 10.0 Å². The van der Waals surface area contributed by atoms with Crippen LogP contribution in [0.2, 0.25) is 0 Å². The van der Waals surface area contributed by atoms with Gasteiger partial charge in [0.25, 0.3) is 5.91 Å². The minimum Gasteiger partial charge on any atom is -0.381 e. The molecular weight excluding hydrogens is 533 g/mol. The first-order chi connectivity index (χ1) is 19.2. The largest absolute Gasteiger partial charge is 0.381 e. The molecule has 2 aromatic heterocycles. The van der Waals surface area contributed by atoms with Crippen LogP contribution in [0.5, 0.6) is 0 Å². The summed E-state index contributed by atoms with van der Waals surface area (Å²) < 4.78 is 46.8. The van der Waals surface area contributed by atoms with Crippen LogP contribution >= 0.6 is 0 Å². The molecule has 3 fully saturated rings. The lowest BCUT2D eigenvalue weighted by atomic mass is 9.79. The van der Waals surface area contributed by atoms with E-state index in [4.69, 9.17) is 9.84 Å². The maximum Gasteiger partial charge on any atom is 0.283 e. The lowest BCUT2D eigenvalue weighted by Crippen LogP contribution is -2.38. The van der Waals surface area contributed by atoms with Crippen LogP contribution in [0.3, 0.4) is 0 Å². The third-order valence-electron chi connectivity index (χ3n) is 8.65. The zero-order valence-electron chi connectivity index (χ0n) is 22.8. The van der Waals surface area contributed by atoms with E-state index in [2.05, 4.69) is 14.6 Å². The number of ether oxygens (including phenoxy) is 1. The summed E-state index contributed by atoms with van der Waals surface area (Å²) >= 11 is 0. The quantitative estimate of drug-likeness (QED) is 0.456. The lowest BCUT2D eigenvalue weighted by molar-refractivity contribution is 0.0488. The molecule has 1 aliphatic carbocycles. The molecule has 40 heavy (non-hydrogen) atoms. The molecule has 6 rings (SSSR count). The first kappa shape index (κ1) is 27.3. The Morgan fingerprint density at radius 2 is 1.75 bits per heavy atom. The number of rotatable bonds is 7. The number of sulfonamides is 1. The van der Waals surface area contributed by atoms with Gasteiger partial charge in [0, 0.05) is 31.1 Å². The fraction of sp³-hybridized carbons (Fsp3) is 0.552. The van der Waals surface area contributed by atoms with Crippen LogP contribution in [0.1, 0.15) is 78.5 Å². The summed E-state index contributed by atoms with van der Waals surface area (Å²) in [5.74, 6) is 0.0387. The van der Waals surface area contributed by atoms with Gasteiger partial charge in [0.15, 0.2) is 5.65 Å². The molecule has 2 saturated heterocycles. The zero-order chi connectivity index (χ0) is 27.9. The number of nitrogens with one attached hydrogen (secondary N) is 1. The fourth-order valence-electron chi connectivity index (χ4n) is 6.28. The molecule has 2 aliphatic heterocycles. The minimum absolute atomic E-state index is 0.0426. The second-order valence-corrected chi connectivity index (χ2v) is 13.3. The number of hydrogen-bond acceptors (Lipinski definition) is 7. The van der Waals surface area contributed by atoms with E-state index >= 15 is 0 Å². The van der Waals surface area contributed by atoms with Crippen molar-refractivity contribution in [2.75, 3.05) is 39.1 Å². The highest BCUT2D eigenvalue weighted by Gasteiger charge is 2.32. The van der Waals surface area contributed by atoms with Crippen molar-refractivity contribution in [1.29, 1.82) is 0 Å². The molecule has 4 heterocycles. The summed E-state index contributed by atoms with van der Waals surface area (Å²) in [6.07, 6.45) is 8.24. The monoisotopic (exact) mass is 569 g/mol. The summed E-state index contributed by atoms with van der Waals surface area (Å²) in [5, 5.41) is 5.95. The molecule has 3 aliphatic rings. The van der Waals surface area contributed by atoms with Gasteiger partial charge < -0.3 is 9.64 Å². The molecule has 1 N–H and O–H groups in total. The second kappa shape index (κ2) is 11.2. The average Bonchev–Trinajstić information content (AvgIpc) is 3.27. The molecule has 0 unspecified atom stereocenters. The summed E-state index contributed by atoms with van der Waals surface area (Å²) in [7, 11) is -3.77. The van der Waals surface area contributed by atoms with Gasteiger partial charge >= 0.3 is 0 Å². The Kier molecular flexibility index (Phi) is 7.62. The van der Waals surface area contributed by atoms with Crippen molar-refractivity contribution in [3.05, 3.63) is 53.1 Å². The summed E-state index contributed by atoms with van der Waals surface area (Å²) in [4.78, 5) is 20.3. The number of aromatic nitrogens is 3. The van der Waals surface area contributed by atoms with Gasteiger partial charge in [-0.15, -0.1) is 0 Å². The number of benzene rings is 1. The SMILES string of the molecule is CS(=O)(=O)NC(=O)c1cc(C2CCN(CC3CCOCC3)CC2)c2c(C3CCC3)nn(-c3ccc(F)cc3)c2n1. The molecule has 0 atom stereocenters. The zero-order valence-corrected chi connectivity index (χ0v) is 23.6. The van der Waals surface area contributed by atoms with E-state index in [9.17, 15) is 17.6 Å². The third kappa shape index (κ3) is 5.77. The molecule has 0 bridgehead atoms. The molecule has 214 valence electrons. The summed E-state index contributed by atoms with van der Waals surface area (Å²) in [6, 6.07) is 7.82. The van der Waals surface area contributed by atoms with Crippen LogP contribution < -0.4 is 4.72 Å². The number of nitrogens with zero attached hydrogens (tertiary/aromatic N) is 4. The lowest BCUT2D eigenvalue weighted by Gasteiger charge is -2.36. The number of hydrogen-bond donors (Lipinski definition) is 1. The third-order valence-corrected chi connectivity index (χ3v) is 9.21. The van der Waals surface area contributed by atoms with Crippen molar-refractivity contribution in [2.45, 2.75) is 56.8 Å². The van der Waals surface area contributed by atoms with E-state index in [1.54, 1.807) is 22.9 Å². The van der Waals surface area contributed by atoms with Gasteiger partial charge in [-0.2, -0.15) is 5.10 Å². The van der Waals surface area contributed by atoms with Gasteiger partial charge in [-0.1, -0.05) is 6.42 Å². The van der Waals surface area contributed by atoms with Gasteiger partial charge in [-0.3, -0.25) is 4.79 Å². The van der Waals surface area contributed by atoms with Crippen LogP contribution in [0, 0.1) is 11.7 Å². The second-order valence-electron chi connectivity index (χ2n) is 11.5. The van der Waals surface area contributed by atoms with Crippen LogP contribution in [-0.2, 0) is 14.8 Å². The number of halogens is 1. The van der Waals surface area contributed by atoms with Crippen LogP contribution in [0.4, 0.5) is 4.39 Å². The van der Waals surface area contributed by atoms with Crippen LogP contribution in [-0.4, -0.2) is 73.1 Å². The Hall–Kier alpha value is -2.89. The van der Waals surface area contributed by atoms with Gasteiger partial charge in [0.1, 0.15) is 11.5 Å². The predicted octanol–water partition coefficient (Wildman–Crippen LogP) is 4.12. The maximum atomic E-state index is 13.8. The predicted molar refractivity (Wildman–Crippen MR) is 150 cm³/mol. The highest BCUT2D eigenvalue weighted by molar-refractivity contribution is 7.89. The number of piperidine rings is 1. The summed E-state index contributed by atoms with van der Waals surface area (Å²) in [6.45, 7) is 4.69. The van der Waals surface area contributed by atoms with E-state index in [-0.39, 0.29) is 17.4 Å². The Morgan fingerprint density at radius 1 is 1.05 bits per heavy atom. The fourth-order valence-corrected chi connectivity index (χ4v) is 6.72. The number of amides is 1. The van der Waals surface area contributed by atoms with Crippen molar-refractivity contribution in [1.82, 2.24) is 24.4 Å². The van der Waals surface area contributed by atoms with Crippen molar-refractivity contribution >= 4 is 27.0 Å². The number of carbonyl (C=O) groups excluding carboxylic acids is 1. The molecule has 1 amide bonds. The van der Waals surface area contributed by atoms with Crippen molar-refractivity contribution in [2.24, 2.45) is 5.92 Å². The Balaban J connectivity index is 1.40. The first-order valence-electron chi connectivity index (χ1n) is 14.3. The van der Waals surface area contributed by atoms with E-state index in [0.29, 0.717) is 23.2 Å². The van der Waals surface area contributed by atoms with E-state index in [0.717, 1.165) is 101 Å². The minimum atomic E-state index is -3.77. The highest BCUT2D eigenvalue weighted by Crippen LogP contribution is 2.43. The summed E-state index contributed by atoms with van der Waals surface area (Å²) in [5.41, 5.74) is 3.16. The van der Waals surface area contributed by atoms with Crippen molar-refractivity contribution in [3.8, 4) is 5.69 Å². The molecular formula is C29H36FN5O4S. The first-order valence-corrected chi connectivity index (χ1v) is 16.2. The number of fused-ring (bicyclic) bond motifs is 1. The smallest absolute Gasteiger partial charge is 0.283 e. The van der Waals surface area contributed by atoms with E-state index in [1.165, 1.54) is 12.1 Å². The van der Waals surface area contributed by atoms with Crippen molar-refractivity contribution < 1.29 is 22.3 Å². The van der Waals surface area contributed by atoms with Gasteiger partial charge in [-0.25, -0.2) is 27.2 Å². The number of carbonyl (C=O) groups is 1. The topological polar surface area (TPSA) is 106 Å². The molecule has 11 heteroatoms. The molecule has 0 radical (unpaired) electrons. The normalized spacial score (nSPS) is 20.1. The molecule has 3 aromatic rings. The van der Waals surface area contributed by atoms with E-state index < -0.39 is 15.9 Å². The molecule has 1 saturated carbocycles. The Bertz CT molecular complexity index is 1490. The number of pyridine rings is 1. The van der Waals surface area contributed by atoms with Gasteiger partial charge in [-0.05, 0) is 99.3 Å². The Labute approximate surface area is 234 Å². The maximum absolute atomic E-state index is 13.8. The Morgan fingerprint density at radius 3 is 2.38 bits per heavy atom.